The summed E-state index contributed by atoms with van der Waals surface area (Å²) >= 11 is 0. The molecule has 1 saturated heterocycles. The Morgan fingerprint density at radius 3 is 2.78 bits per heavy atom. The van der Waals surface area contributed by atoms with Crippen molar-refractivity contribution >= 4 is 5.78 Å². The Bertz CT molecular complexity index is 280. The third-order valence-electron chi connectivity index (χ3n) is 4.63. The quantitative estimate of drug-likeness (QED) is 0.769. The Kier molecular flexibility index (Phi) is 5.19. The Morgan fingerprint density at radius 2 is 2.06 bits per heavy atom. The summed E-state index contributed by atoms with van der Waals surface area (Å²) in [6, 6.07) is 0.646. The van der Waals surface area contributed by atoms with Crippen LogP contribution in [0.5, 0.6) is 0 Å². The molecule has 2 aliphatic rings. The molecule has 2 fully saturated rings. The number of nitrogens with zero attached hydrogens (tertiary/aromatic N) is 2. The van der Waals surface area contributed by atoms with Gasteiger partial charge in [-0.25, -0.2) is 0 Å². The van der Waals surface area contributed by atoms with Crippen molar-refractivity contribution in [2.24, 2.45) is 5.92 Å². The highest BCUT2D eigenvalue weighted by Gasteiger charge is 2.28. The molecule has 3 nitrogen and oxygen atoms in total. The van der Waals surface area contributed by atoms with Gasteiger partial charge in [0.2, 0.25) is 0 Å². The predicted octanol–water partition coefficient (Wildman–Crippen LogP) is 2.16. The average molecular weight is 252 g/mol. The first-order chi connectivity index (χ1) is 8.70. The van der Waals surface area contributed by atoms with Gasteiger partial charge in [-0.05, 0) is 45.8 Å². The number of carbonyl (C=O) groups is 1. The third-order valence-corrected chi connectivity index (χ3v) is 4.63. The number of carbonyl (C=O) groups excluding carboxylic acids is 1. The van der Waals surface area contributed by atoms with Gasteiger partial charge < -0.3 is 4.90 Å². The van der Waals surface area contributed by atoms with Crippen LogP contribution in [-0.4, -0.2) is 54.9 Å². The van der Waals surface area contributed by atoms with E-state index in [0.717, 1.165) is 32.4 Å². The smallest absolute Gasteiger partial charge is 0.137 e. The molecule has 0 aromatic carbocycles. The second-order valence-corrected chi connectivity index (χ2v) is 6.08. The van der Waals surface area contributed by atoms with E-state index in [0.29, 0.717) is 17.7 Å². The van der Waals surface area contributed by atoms with Crippen molar-refractivity contribution in [3.05, 3.63) is 0 Å². The van der Waals surface area contributed by atoms with Crippen LogP contribution in [0.4, 0.5) is 0 Å². The van der Waals surface area contributed by atoms with E-state index in [9.17, 15) is 4.79 Å². The molecule has 0 radical (unpaired) electrons. The zero-order chi connectivity index (χ0) is 13.0. The fourth-order valence-corrected chi connectivity index (χ4v) is 3.45. The van der Waals surface area contributed by atoms with Crippen molar-refractivity contribution in [3.8, 4) is 0 Å². The molecule has 0 aromatic heterocycles. The number of likely N-dealkylation sites (N-methyl/N-ethyl adjacent to an activating group) is 1. The lowest BCUT2D eigenvalue weighted by molar-refractivity contribution is -0.125. The summed E-state index contributed by atoms with van der Waals surface area (Å²) in [5.74, 6) is 0.852. The fourth-order valence-electron chi connectivity index (χ4n) is 3.45. The fraction of sp³-hybridized carbons (Fsp3) is 0.933. The third kappa shape index (κ3) is 3.55. The number of hydrogen-bond donors (Lipinski definition) is 0. The van der Waals surface area contributed by atoms with E-state index in [1.165, 1.54) is 32.4 Å². The van der Waals surface area contributed by atoms with E-state index >= 15 is 0 Å². The van der Waals surface area contributed by atoms with Crippen LogP contribution in [0.2, 0.25) is 0 Å². The van der Waals surface area contributed by atoms with Crippen LogP contribution >= 0.6 is 0 Å². The second kappa shape index (κ2) is 6.67. The minimum Gasteiger partial charge on any atom is -0.305 e. The van der Waals surface area contributed by atoms with Crippen LogP contribution in [0.25, 0.3) is 0 Å². The van der Waals surface area contributed by atoms with Gasteiger partial charge in [-0.1, -0.05) is 13.3 Å². The zero-order valence-corrected chi connectivity index (χ0v) is 12.0. The van der Waals surface area contributed by atoms with Gasteiger partial charge in [0.15, 0.2) is 0 Å². The zero-order valence-electron chi connectivity index (χ0n) is 12.0. The van der Waals surface area contributed by atoms with E-state index in [2.05, 4.69) is 23.8 Å². The number of Topliss-reactive ketones (excluding diaryl/α,β-unsaturated/α-hetero) is 1. The number of ketones is 1. The molecule has 2 rings (SSSR count). The first-order valence-corrected chi connectivity index (χ1v) is 7.66. The first kappa shape index (κ1) is 14.0. The van der Waals surface area contributed by atoms with E-state index < -0.39 is 0 Å². The molecule has 0 aromatic rings. The van der Waals surface area contributed by atoms with Crippen molar-refractivity contribution in [2.45, 2.75) is 51.5 Å². The maximum absolute atomic E-state index is 12.0. The molecule has 1 heterocycles. The van der Waals surface area contributed by atoms with Crippen LogP contribution in [0.3, 0.4) is 0 Å². The highest BCUT2D eigenvalue weighted by Crippen LogP contribution is 2.23. The lowest BCUT2D eigenvalue weighted by Gasteiger charge is -2.33. The Hall–Kier alpha value is -0.410. The standard InChI is InChI=1S/C15H28N2O/c1-3-14-12-16(2)9-6-10-17(14)11-13-7-4-5-8-15(13)18/h13-14H,3-12H2,1-2H3. The molecule has 0 spiro atoms. The van der Waals surface area contributed by atoms with Crippen LogP contribution in [-0.2, 0) is 4.79 Å². The summed E-state index contributed by atoms with van der Waals surface area (Å²) < 4.78 is 0. The Labute approximate surface area is 112 Å². The summed E-state index contributed by atoms with van der Waals surface area (Å²) in [6.07, 6.45) is 6.77. The monoisotopic (exact) mass is 252 g/mol. The predicted molar refractivity (Wildman–Crippen MR) is 74.7 cm³/mol. The molecular formula is C15H28N2O. The maximum atomic E-state index is 12.0. The topological polar surface area (TPSA) is 23.6 Å². The molecule has 104 valence electrons. The largest absolute Gasteiger partial charge is 0.305 e. The van der Waals surface area contributed by atoms with E-state index in [1.807, 2.05) is 0 Å². The van der Waals surface area contributed by atoms with E-state index in [4.69, 9.17) is 0 Å². The molecule has 0 N–H and O–H groups in total. The lowest BCUT2D eigenvalue weighted by Crippen LogP contribution is -2.44. The van der Waals surface area contributed by atoms with Crippen molar-refractivity contribution < 1.29 is 4.79 Å². The van der Waals surface area contributed by atoms with Crippen molar-refractivity contribution in [3.63, 3.8) is 0 Å². The summed E-state index contributed by atoms with van der Waals surface area (Å²) in [6.45, 7) is 6.83. The van der Waals surface area contributed by atoms with Gasteiger partial charge in [0, 0.05) is 31.5 Å². The minimum absolute atomic E-state index is 0.330. The van der Waals surface area contributed by atoms with Crippen molar-refractivity contribution in [2.75, 3.05) is 33.2 Å². The average Bonchev–Trinajstić information content (AvgIpc) is 2.54. The Morgan fingerprint density at radius 1 is 1.22 bits per heavy atom. The highest BCUT2D eigenvalue weighted by molar-refractivity contribution is 5.81. The van der Waals surface area contributed by atoms with Crippen LogP contribution < -0.4 is 0 Å². The van der Waals surface area contributed by atoms with Gasteiger partial charge in [-0.15, -0.1) is 0 Å². The highest BCUT2D eigenvalue weighted by atomic mass is 16.1. The summed E-state index contributed by atoms with van der Waals surface area (Å²) in [5, 5.41) is 0. The summed E-state index contributed by atoms with van der Waals surface area (Å²) in [4.78, 5) is 17.0. The summed E-state index contributed by atoms with van der Waals surface area (Å²) in [7, 11) is 2.22. The van der Waals surface area contributed by atoms with Crippen LogP contribution in [0.1, 0.15) is 45.4 Å². The molecule has 18 heavy (non-hydrogen) atoms. The summed E-state index contributed by atoms with van der Waals surface area (Å²) in [5.41, 5.74) is 0. The van der Waals surface area contributed by atoms with Crippen molar-refractivity contribution in [1.29, 1.82) is 0 Å². The van der Waals surface area contributed by atoms with Crippen LogP contribution in [0.15, 0.2) is 0 Å². The van der Waals surface area contributed by atoms with Gasteiger partial charge in [-0.3, -0.25) is 9.69 Å². The van der Waals surface area contributed by atoms with Gasteiger partial charge in [0.1, 0.15) is 5.78 Å². The molecule has 2 unspecified atom stereocenters. The molecule has 1 aliphatic heterocycles. The van der Waals surface area contributed by atoms with Crippen molar-refractivity contribution in [1.82, 2.24) is 9.80 Å². The molecule has 0 amide bonds. The first-order valence-electron chi connectivity index (χ1n) is 7.66. The van der Waals surface area contributed by atoms with Crippen LogP contribution in [0, 0.1) is 5.92 Å². The van der Waals surface area contributed by atoms with Gasteiger partial charge in [0.25, 0.3) is 0 Å². The Balaban J connectivity index is 1.94. The van der Waals surface area contributed by atoms with Gasteiger partial charge >= 0.3 is 0 Å². The number of rotatable bonds is 3. The lowest BCUT2D eigenvalue weighted by atomic mass is 9.87. The molecule has 0 bridgehead atoms. The number of hydrogen-bond acceptors (Lipinski definition) is 3. The maximum Gasteiger partial charge on any atom is 0.137 e. The molecule has 2 atom stereocenters. The normalized spacial score (nSPS) is 32.4. The molecular weight excluding hydrogens is 224 g/mol. The minimum atomic E-state index is 0.330. The van der Waals surface area contributed by atoms with Gasteiger partial charge in [0.05, 0.1) is 0 Å². The second-order valence-electron chi connectivity index (χ2n) is 6.08. The molecule has 1 aliphatic carbocycles. The SMILES string of the molecule is CCC1CN(C)CCCN1CC1CCCCC1=O. The molecule has 3 heteroatoms. The molecule has 1 saturated carbocycles. The van der Waals surface area contributed by atoms with E-state index in [1.54, 1.807) is 0 Å². The van der Waals surface area contributed by atoms with E-state index in [-0.39, 0.29) is 0 Å². The van der Waals surface area contributed by atoms with Gasteiger partial charge in [-0.2, -0.15) is 0 Å².